The molecule has 1 rings (SSSR count). The van der Waals surface area contributed by atoms with E-state index < -0.39 is 15.4 Å². The summed E-state index contributed by atoms with van der Waals surface area (Å²) < 4.78 is 3.65. The highest BCUT2D eigenvalue weighted by Gasteiger charge is 2.38. The summed E-state index contributed by atoms with van der Waals surface area (Å²) >= 11 is 18.9. The third-order valence-corrected chi connectivity index (χ3v) is 3.43. The Hall–Kier alpha value is -0.430. The number of alkyl halides is 3. The molecule has 21 heavy (non-hydrogen) atoms. The maximum absolute atomic E-state index is 12.0. The zero-order valence-electron chi connectivity index (χ0n) is 12.0. The van der Waals surface area contributed by atoms with E-state index in [0.29, 0.717) is 5.16 Å². The first kappa shape index (κ1) is 18.6. The van der Waals surface area contributed by atoms with Crippen LogP contribution in [0.2, 0.25) is 0 Å². The second-order valence-electron chi connectivity index (χ2n) is 5.14. The van der Waals surface area contributed by atoms with Gasteiger partial charge in [-0.3, -0.25) is 4.79 Å². The number of ether oxygens (including phenoxy) is 1. The van der Waals surface area contributed by atoms with Crippen LogP contribution in [0.15, 0.2) is 17.4 Å². The van der Waals surface area contributed by atoms with Gasteiger partial charge in [0, 0.05) is 17.7 Å². The van der Waals surface area contributed by atoms with E-state index >= 15 is 0 Å². The van der Waals surface area contributed by atoms with Gasteiger partial charge >= 0.3 is 0 Å². The molecule has 0 aliphatic rings. The average Bonchev–Trinajstić information content (AvgIpc) is 2.36. The number of nitrogens with zero attached hydrogens (tertiary/aromatic N) is 2. The zero-order chi connectivity index (χ0) is 16.3. The van der Waals surface area contributed by atoms with Crippen LogP contribution in [0, 0.1) is 5.41 Å². The van der Waals surface area contributed by atoms with E-state index in [2.05, 4.69) is 15.3 Å². The van der Waals surface area contributed by atoms with Crippen LogP contribution in [0.4, 0.5) is 0 Å². The number of rotatable bonds is 4. The summed E-state index contributed by atoms with van der Waals surface area (Å²) in [6.07, 6.45) is 2.18. The molecule has 0 saturated carbocycles. The molecule has 1 N–H and O–H groups in total. The number of halogens is 3. The minimum absolute atomic E-state index is 0.208. The van der Waals surface area contributed by atoms with Gasteiger partial charge in [-0.2, -0.15) is 4.98 Å². The smallest absolute Gasteiger partial charge is 0.246 e. The number of thioether (sulfide) groups is 1. The molecule has 0 fully saturated rings. The van der Waals surface area contributed by atoms with Gasteiger partial charge < -0.3 is 10.1 Å². The van der Waals surface area contributed by atoms with Crippen molar-refractivity contribution in [2.75, 3.05) is 6.26 Å². The number of aromatic nitrogens is 2. The Bertz CT molecular complexity index is 503. The van der Waals surface area contributed by atoms with E-state index in [1.165, 1.54) is 24.0 Å². The summed E-state index contributed by atoms with van der Waals surface area (Å²) in [6, 6.07) is 1.52. The van der Waals surface area contributed by atoms with Crippen LogP contribution in [-0.2, 0) is 4.79 Å². The second kappa shape index (κ2) is 7.22. The number of hydrogen-bond donors (Lipinski definition) is 1. The maximum Gasteiger partial charge on any atom is 0.246 e. The van der Waals surface area contributed by atoms with E-state index in [4.69, 9.17) is 39.5 Å². The van der Waals surface area contributed by atoms with Crippen molar-refractivity contribution >= 4 is 52.5 Å². The molecule has 0 aromatic carbocycles. The van der Waals surface area contributed by atoms with Gasteiger partial charge in [-0.05, 0) is 6.26 Å². The molecule has 1 atom stereocenters. The van der Waals surface area contributed by atoms with Gasteiger partial charge in [0.05, 0.1) is 0 Å². The van der Waals surface area contributed by atoms with Gasteiger partial charge in [0.1, 0.15) is 0 Å². The molecule has 1 aromatic heterocycles. The molecule has 0 aliphatic carbocycles. The van der Waals surface area contributed by atoms with Gasteiger partial charge in [0.25, 0.3) is 0 Å². The Labute approximate surface area is 143 Å². The van der Waals surface area contributed by atoms with Crippen molar-refractivity contribution in [1.29, 1.82) is 0 Å². The van der Waals surface area contributed by atoms with E-state index in [0.717, 1.165) is 0 Å². The van der Waals surface area contributed by atoms with Crippen molar-refractivity contribution in [2.45, 2.75) is 35.9 Å². The molecule has 5 nitrogen and oxygen atoms in total. The lowest BCUT2D eigenvalue weighted by Crippen LogP contribution is -2.51. The third kappa shape index (κ3) is 6.06. The summed E-state index contributed by atoms with van der Waals surface area (Å²) in [5, 5.41) is 3.07. The fourth-order valence-corrected chi connectivity index (χ4v) is 1.77. The second-order valence-corrected chi connectivity index (χ2v) is 8.29. The first-order chi connectivity index (χ1) is 9.54. The van der Waals surface area contributed by atoms with Crippen molar-refractivity contribution in [3.63, 3.8) is 0 Å². The van der Waals surface area contributed by atoms with Gasteiger partial charge in [-0.25, -0.2) is 4.98 Å². The van der Waals surface area contributed by atoms with Crippen LogP contribution in [0.5, 0.6) is 5.88 Å². The summed E-state index contributed by atoms with van der Waals surface area (Å²) in [4.78, 5) is 20.2. The molecule has 0 bridgehead atoms. The number of hydrogen-bond acceptors (Lipinski definition) is 5. The van der Waals surface area contributed by atoms with E-state index in [9.17, 15) is 4.79 Å². The molecular weight excluding hydrogens is 357 g/mol. The van der Waals surface area contributed by atoms with Crippen molar-refractivity contribution < 1.29 is 9.53 Å². The highest BCUT2D eigenvalue weighted by molar-refractivity contribution is 7.98. The normalized spacial score (nSPS) is 13.7. The molecule has 1 amide bonds. The van der Waals surface area contributed by atoms with Crippen LogP contribution < -0.4 is 10.1 Å². The lowest BCUT2D eigenvalue weighted by atomic mass is 9.96. The Morgan fingerprint density at radius 3 is 2.48 bits per heavy atom. The Balaban J connectivity index is 2.91. The third-order valence-electron chi connectivity index (χ3n) is 2.27. The van der Waals surface area contributed by atoms with Crippen molar-refractivity contribution in [3.8, 4) is 5.88 Å². The molecule has 0 aliphatic heterocycles. The number of amides is 1. The predicted octanol–water partition coefficient (Wildman–Crippen LogP) is 3.44. The van der Waals surface area contributed by atoms with Gasteiger partial charge in [-0.15, -0.1) is 0 Å². The SMILES string of the molecule is CSc1nccc(O[C@H](NC(=O)C(C)(C)C)C(Cl)(Cl)Cl)n1. The lowest BCUT2D eigenvalue weighted by Gasteiger charge is -2.28. The van der Waals surface area contributed by atoms with Crippen molar-refractivity contribution in [3.05, 3.63) is 12.3 Å². The summed E-state index contributed by atoms with van der Waals surface area (Å²) in [5.41, 5.74) is -0.645. The fourth-order valence-electron chi connectivity index (χ4n) is 1.12. The molecule has 0 unspecified atom stereocenters. The summed E-state index contributed by atoms with van der Waals surface area (Å²) in [7, 11) is 0. The topological polar surface area (TPSA) is 64.1 Å². The maximum atomic E-state index is 12.0. The molecule has 0 saturated heterocycles. The summed E-state index contributed by atoms with van der Waals surface area (Å²) in [6.45, 7) is 5.23. The number of nitrogens with one attached hydrogen (secondary N) is 1. The standard InChI is InChI=1S/C12H16Cl3N3O2S/c1-11(2,3)8(19)18-9(12(13,14)15)20-7-5-6-16-10(17-7)21-4/h5-6,9H,1-4H3,(H,18,19)/t9-/m0/s1. The first-order valence-electron chi connectivity index (χ1n) is 5.95. The highest BCUT2D eigenvalue weighted by Crippen LogP contribution is 2.32. The molecule has 0 radical (unpaired) electrons. The monoisotopic (exact) mass is 371 g/mol. The lowest BCUT2D eigenvalue weighted by molar-refractivity contribution is -0.131. The Kier molecular flexibility index (Phi) is 6.40. The van der Waals surface area contributed by atoms with E-state index in [1.54, 1.807) is 20.8 Å². The van der Waals surface area contributed by atoms with Gasteiger partial charge in [0.2, 0.25) is 21.8 Å². The molecule has 118 valence electrons. The van der Waals surface area contributed by atoms with E-state index in [-0.39, 0.29) is 11.8 Å². The van der Waals surface area contributed by atoms with Crippen LogP contribution in [-0.4, -0.2) is 32.2 Å². The van der Waals surface area contributed by atoms with Gasteiger partial charge in [-0.1, -0.05) is 67.3 Å². The predicted molar refractivity (Wildman–Crippen MR) is 86.1 cm³/mol. The number of carbonyl (C=O) groups excluding carboxylic acids is 1. The first-order valence-corrected chi connectivity index (χ1v) is 8.31. The molecule has 1 heterocycles. The zero-order valence-corrected chi connectivity index (χ0v) is 15.1. The van der Waals surface area contributed by atoms with Crippen LogP contribution in [0.25, 0.3) is 0 Å². The average molecular weight is 373 g/mol. The fraction of sp³-hybridized carbons (Fsp3) is 0.583. The Morgan fingerprint density at radius 1 is 1.38 bits per heavy atom. The Morgan fingerprint density at radius 2 is 2.00 bits per heavy atom. The molecular formula is C12H16Cl3N3O2S. The minimum atomic E-state index is -1.84. The molecule has 0 spiro atoms. The van der Waals surface area contributed by atoms with Crippen molar-refractivity contribution in [2.24, 2.45) is 5.41 Å². The van der Waals surface area contributed by atoms with Crippen LogP contribution in [0.1, 0.15) is 20.8 Å². The van der Waals surface area contributed by atoms with Crippen molar-refractivity contribution in [1.82, 2.24) is 15.3 Å². The minimum Gasteiger partial charge on any atom is -0.449 e. The molecule has 9 heteroatoms. The molecule has 1 aromatic rings. The quantitative estimate of drug-likeness (QED) is 0.380. The summed E-state index contributed by atoms with van der Waals surface area (Å²) in [5.74, 6) is -0.0992. The number of carbonyl (C=O) groups is 1. The van der Waals surface area contributed by atoms with E-state index in [1.807, 2.05) is 6.26 Å². The van der Waals surface area contributed by atoms with Gasteiger partial charge in [0.15, 0.2) is 5.16 Å². The van der Waals surface area contributed by atoms with Crippen LogP contribution in [0.3, 0.4) is 0 Å². The highest BCUT2D eigenvalue weighted by atomic mass is 35.6. The largest absolute Gasteiger partial charge is 0.449 e. The van der Waals surface area contributed by atoms with Crippen LogP contribution >= 0.6 is 46.6 Å².